The molecule has 0 aliphatic rings. The summed E-state index contributed by atoms with van der Waals surface area (Å²) in [5.74, 6) is -0.785. The van der Waals surface area contributed by atoms with Gasteiger partial charge in [0.05, 0.1) is 5.69 Å². The van der Waals surface area contributed by atoms with Gasteiger partial charge in [0.25, 0.3) is 11.5 Å². The predicted molar refractivity (Wildman–Crippen MR) is 108 cm³/mol. The molecule has 0 fully saturated rings. The molecule has 0 radical (unpaired) electrons. The average molecular weight is 400 g/mol. The van der Waals surface area contributed by atoms with E-state index in [-0.39, 0.29) is 5.82 Å². The van der Waals surface area contributed by atoms with Crippen LogP contribution in [0.2, 0.25) is 5.02 Å². The van der Waals surface area contributed by atoms with Crippen molar-refractivity contribution in [1.29, 1.82) is 0 Å². The molecule has 1 N–H and O–H groups in total. The van der Waals surface area contributed by atoms with E-state index < -0.39 is 17.0 Å². The van der Waals surface area contributed by atoms with Crippen molar-refractivity contribution < 1.29 is 9.18 Å². The number of aryl methyl sites for hydroxylation is 1. The maximum absolute atomic E-state index is 13.2. The molecule has 3 aromatic rings. The van der Waals surface area contributed by atoms with Crippen LogP contribution in [0.3, 0.4) is 0 Å². The molecule has 0 bridgehead atoms. The summed E-state index contributed by atoms with van der Waals surface area (Å²) >= 11 is 6.11. The van der Waals surface area contributed by atoms with Gasteiger partial charge >= 0.3 is 0 Å². The molecule has 28 heavy (non-hydrogen) atoms. The Morgan fingerprint density at radius 1 is 1.11 bits per heavy atom. The van der Waals surface area contributed by atoms with Gasteiger partial charge in [0.2, 0.25) is 0 Å². The number of hydrogen-bond acceptors (Lipinski definition) is 3. The predicted octanol–water partition coefficient (Wildman–Crippen LogP) is 4.39. The topological polar surface area (TPSA) is 64.0 Å². The fourth-order valence-electron chi connectivity index (χ4n) is 2.64. The summed E-state index contributed by atoms with van der Waals surface area (Å²) in [5, 5.41) is 7.63. The van der Waals surface area contributed by atoms with Crippen LogP contribution in [0.1, 0.15) is 19.4 Å². The highest BCUT2D eigenvalue weighted by molar-refractivity contribution is 6.31. The molecule has 7 heteroatoms. The fraction of sp³-hybridized carbons (Fsp3) is 0.190. The maximum Gasteiger partial charge on any atom is 0.267 e. The monoisotopic (exact) mass is 399 g/mol. The fourth-order valence-corrected chi connectivity index (χ4v) is 2.82. The number of benzene rings is 2. The third-order valence-corrected chi connectivity index (χ3v) is 4.86. The molecule has 2 aromatic carbocycles. The summed E-state index contributed by atoms with van der Waals surface area (Å²) in [6, 6.07) is 13.8. The smallest absolute Gasteiger partial charge is 0.267 e. The molecule has 1 heterocycles. The molecule has 5 nitrogen and oxygen atoms in total. The highest BCUT2D eigenvalue weighted by atomic mass is 35.5. The SMILES string of the molecule is Cc1ccc(NC(=O)C(C)(C)n2nc(-c3ccc(F)cc3)ccc2=O)cc1Cl. The molecule has 0 spiro atoms. The number of aromatic nitrogens is 2. The van der Waals surface area contributed by atoms with Gasteiger partial charge in [-0.3, -0.25) is 9.59 Å². The summed E-state index contributed by atoms with van der Waals surface area (Å²) in [5.41, 5.74) is 0.813. The Balaban J connectivity index is 1.94. The Kier molecular flexibility index (Phi) is 5.34. The van der Waals surface area contributed by atoms with Gasteiger partial charge < -0.3 is 5.32 Å². The molecule has 0 saturated heterocycles. The lowest BCUT2D eigenvalue weighted by Gasteiger charge is -2.25. The minimum absolute atomic E-state index is 0.367. The molecular formula is C21H19ClFN3O2. The summed E-state index contributed by atoms with van der Waals surface area (Å²) in [6.07, 6.45) is 0. The highest BCUT2D eigenvalue weighted by Gasteiger charge is 2.32. The van der Waals surface area contributed by atoms with Crippen LogP contribution in [0.5, 0.6) is 0 Å². The number of carbonyl (C=O) groups excluding carboxylic acids is 1. The number of nitrogens with one attached hydrogen (secondary N) is 1. The number of halogens is 2. The van der Waals surface area contributed by atoms with Crippen LogP contribution in [-0.4, -0.2) is 15.7 Å². The summed E-state index contributed by atoms with van der Waals surface area (Å²) < 4.78 is 14.3. The zero-order valence-electron chi connectivity index (χ0n) is 15.7. The average Bonchev–Trinajstić information content (AvgIpc) is 2.65. The molecule has 0 unspecified atom stereocenters. The van der Waals surface area contributed by atoms with Crippen LogP contribution < -0.4 is 10.9 Å². The molecule has 0 aliphatic carbocycles. The number of carbonyl (C=O) groups is 1. The number of anilines is 1. The highest BCUT2D eigenvalue weighted by Crippen LogP contribution is 2.23. The third kappa shape index (κ3) is 3.97. The lowest BCUT2D eigenvalue weighted by Crippen LogP contribution is -2.47. The number of rotatable bonds is 4. The molecule has 1 aromatic heterocycles. The Morgan fingerprint density at radius 2 is 1.79 bits per heavy atom. The third-order valence-electron chi connectivity index (χ3n) is 4.46. The lowest BCUT2D eigenvalue weighted by molar-refractivity contribution is -0.123. The van der Waals surface area contributed by atoms with E-state index in [4.69, 9.17) is 11.6 Å². The van der Waals surface area contributed by atoms with Gasteiger partial charge in [0.1, 0.15) is 11.4 Å². The van der Waals surface area contributed by atoms with Crippen molar-refractivity contribution in [3.05, 3.63) is 81.4 Å². The maximum atomic E-state index is 13.2. The van der Waals surface area contributed by atoms with Crippen LogP contribution in [0.25, 0.3) is 11.3 Å². The van der Waals surface area contributed by atoms with E-state index in [1.165, 1.54) is 18.2 Å². The van der Waals surface area contributed by atoms with E-state index >= 15 is 0 Å². The van der Waals surface area contributed by atoms with Crippen LogP contribution in [-0.2, 0) is 10.3 Å². The van der Waals surface area contributed by atoms with Gasteiger partial charge in [-0.2, -0.15) is 5.10 Å². The molecular weight excluding hydrogens is 381 g/mol. The molecule has 3 rings (SSSR count). The Labute approximate surface area is 166 Å². The summed E-state index contributed by atoms with van der Waals surface area (Å²) in [7, 11) is 0. The second kappa shape index (κ2) is 7.56. The van der Waals surface area contributed by atoms with Gasteiger partial charge in [-0.1, -0.05) is 17.7 Å². The van der Waals surface area contributed by atoms with Gasteiger partial charge in [0, 0.05) is 22.3 Å². The van der Waals surface area contributed by atoms with E-state index in [2.05, 4.69) is 10.4 Å². The number of hydrogen-bond donors (Lipinski definition) is 1. The molecule has 0 saturated carbocycles. The second-order valence-electron chi connectivity index (χ2n) is 6.95. The van der Waals surface area contributed by atoms with Crippen molar-refractivity contribution in [2.75, 3.05) is 5.32 Å². The number of amides is 1. The van der Waals surface area contributed by atoms with E-state index in [9.17, 15) is 14.0 Å². The molecule has 0 aliphatic heterocycles. The van der Waals surface area contributed by atoms with Crippen LogP contribution in [0, 0.1) is 12.7 Å². The van der Waals surface area contributed by atoms with E-state index in [1.54, 1.807) is 50.2 Å². The van der Waals surface area contributed by atoms with Crippen molar-refractivity contribution in [2.24, 2.45) is 0 Å². The summed E-state index contributed by atoms with van der Waals surface area (Å²) in [6.45, 7) is 5.06. The van der Waals surface area contributed by atoms with Crippen molar-refractivity contribution in [3.63, 3.8) is 0 Å². The minimum Gasteiger partial charge on any atom is -0.324 e. The first kappa shape index (κ1) is 19.8. The van der Waals surface area contributed by atoms with Crippen LogP contribution >= 0.6 is 11.6 Å². The quantitative estimate of drug-likeness (QED) is 0.707. The van der Waals surface area contributed by atoms with Gasteiger partial charge in [-0.15, -0.1) is 0 Å². The van der Waals surface area contributed by atoms with Gasteiger partial charge in [0.15, 0.2) is 0 Å². The van der Waals surface area contributed by atoms with Crippen LogP contribution in [0.15, 0.2) is 59.4 Å². The Bertz CT molecular complexity index is 1090. The second-order valence-corrected chi connectivity index (χ2v) is 7.36. The van der Waals surface area contributed by atoms with Gasteiger partial charge in [-0.05, 0) is 68.8 Å². The molecule has 1 amide bonds. The van der Waals surface area contributed by atoms with Crippen molar-refractivity contribution in [1.82, 2.24) is 9.78 Å². The largest absolute Gasteiger partial charge is 0.324 e. The standard InChI is InChI=1S/C21H19ClFN3O2/c1-13-4-9-16(12-17(13)22)24-20(28)21(2,3)26-19(27)11-10-18(25-26)14-5-7-15(23)8-6-14/h4-12H,1-3H3,(H,24,28). The van der Waals surface area contributed by atoms with Gasteiger partial charge in [-0.25, -0.2) is 9.07 Å². The van der Waals surface area contributed by atoms with E-state index in [0.29, 0.717) is 22.0 Å². The lowest BCUT2D eigenvalue weighted by atomic mass is 10.0. The van der Waals surface area contributed by atoms with E-state index in [0.717, 1.165) is 10.2 Å². The molecule has 144 valence electrons. The molecule has 0 atom stereocenters. The summed E-state index contributed by atoms with van der Waals surface area (Å²) in [4.78, 5) is 25.3. The first-order chi connectivity index (χ1) is 13.2. The van der Waals surface area contributed by atoms with E-state index in [1.807, 2.05) is 6.92 Å². The zero-order valence-corrected chi connectivity index (χ0v) is 16.4. The zero-order chi connectivity index (χ0) is 20.5. The van der Waals surface area contributed by atoms with Crippen molar-refractivity contribution >= 4 is 23.2 Å². The first-order valence-corrected chi connectivity index (χ1v) is 9.01. The minimum atomic E-state index is -1.27. The van der Waals surface area contributed by atoms with Crippen molar-refractivity contribution in [3.8, 4) is 11.3 Å². The Morgan fingerprint density at radius 3 is 2.43 bits per heavy atom. The van der Waals surface area contributed by atoms with Crippen molar-refractivity contribution in [2.45, 2.75) is 26.3 Å². The first-order valence-electron chi connectivity index (χ1n) is 8.63. The normalized spacial score (nSPS) is 11.3. The number of nitrogens with zero attached hydrogens (tertiary/aromatic N) is 2. The van der Waals surface area contributed by atoms with Crippen LogP contribution in [0.4, 0.5) is 10.1 Å². The Hall–Kier alpha value is -2.99.